The van der Waals surface area contributed by atoms with Gasteiger partial charge < -0.3 is 19.7 Å². The molecule has 1 saturated heterocycles. The number of amides is 1. The minimum atomic E-state index is -0.795. The lowest BCUT2D eigenvalue weighted by Crippen LogP contribution is -2.53. The molecule has 30 heavy (non-hydrogen) atoms. The van der Waals surface area contributed by atoms with Gasteiger partial charge in [0.2, 0.25) is 0 Å². The maximum atomic E-state index is 12.7. The minimum Gasteiger partial charge on any atom is -0.486 e. The summed E-state index contributed by atoms with van der Waals surface area (Å²) in [5.74, 6) is 2.19. The van der Waals surface area contributed by atoms with Crippen molar-refractivity contribution in [2.45, 2.75) is 12.5 Å². The van der Waals surface area contributed by atoms with Crippen LogP contribution in [0.5, 0.6) is 11.5 Å². The molecule has 5 rings (SSSR count). The van der Waals surface area contributed by atoms with Crippen LogP contribution in [0.25, 0.3) is 0 Å². The Balaban J connectivity index is 1.26. The van der Waals surface area contributed by atoms with Gasteiger partial charge in [-0.1, -0.05) is 6.07 Å². The first-order valence-electron chi connectivity index (χ1n) is 10.3. The van der Waals surface area contributed by atoms with Gasteiger partial charge in [0.1, 0.15) is 19.0 Å². The Morgan fingerprint density at radius 3 is 2.73 bits per heavy atom. The highest BCUT2D eigenvalue weighted by Crippen LogP contribution is 2.39. The molecule has 2 aromatic rings. The van der Waals surface area contributed by atoms with E-state index in [0.717, 1.165) is 48.9 Å². The zero-order valence-electron chi connectivity index (χ0n) is 17.0. The van der Waals surface area contributed by atoms with Gasteiger partial charge in [-0.25, -0.2) is 4.99 Å². The normalized spacial score (nSPS) is 23.8. The van der Waals surface area contributed by atoms with Gasteiger partial charge in [-0.2, -0.15) is 0 Å². The highest BCUT2D eigenvalue weighted by atomic mass is 16.6. The van der Waals surface area contributed by atoms with Crippen molar-refractivity contribution in [2.75, 3.05) is 50.8 Å². The topological polar surface area (TPSA) is 79.3 Å². The molecule has 1 amide bonds. The van der Waals surface area contributed by atoms with Crippen molar-refractivity contribution in [3.63, 3.8) is 0 Å². The smallest absolute Gasteiger partial charge is 0.254 e. The van der Waals surface area contributed by atoms with Crippen LogP contribution in [-0.2, 0) is 4.79 Å². The predicted octanol–water partition coefficient (Wildman–Crippen LogP) is 1.31. The second-order valence-corrected chi connectivity index (χ2v) is 7.99. The Morgan fingerprint density at radius 1 is 1.10 bits per heavy atom. The Kier molecular flexibility index (Phi) is 4.78. The summed E-state index contributed by atoms with van der Waals surface area (Å²) in [5.41, 5.74) is 1.11. The average Bonchev–Trinajstić information content (AvgIpc) is 3.08. The summed E-state index contributed by atoms with van der Waals surface area (Å²) in [7, 11) is 0. The van der Waals surface area contributed by atoms with Gasteiger partial charge in [0.05, 0.1) is 5.69 Å². The monoisotopic (exact) mass is 407 g/mol. The van der Waals surface area contributed by atoms with Crippen LogP contribution < -0.4 is 19.7 Å². The summed E-state index contributed by atoms with van der Waals surface area (Å²) in [4.78, 5) is 26.2. The number of fused-ring (bicyclic) bond motifs is 1. The number of hydrogen-bond acceptors (Lipinski definition) is 7. The number of anilines is 1. The number of nitrogens with one attached hydrogen (secondary N) is 1. The van der Waals surface area contributed by atoms with Crippen molar-refractivity contribution in [3.8, 4) is 11.5 Å². The summed E-state index contributed by atoms with van der Waals surface area (Å²) in [6.07, 6.45) is 3.43. The summed E-state index contributed by atoms with van der Waals surface area (Å²) in [5, 5.41) is 2.92. The Hall–Kier alpha value is -3.13. The zero-order valence-corrected chi connectivity index (χ0v) is 17.0. The van der Waals surface area contributed by atoms with Crippen LogP contribution in [0.3, 0.4) is 0 Å². The van der Waals surface area contributed by atoms with Crippen molar-refractivity contribution in [3.05, 3.63) is 48.3 Å². The van der Waals surface area contributed by atoms with Crippen molar-refractivity contribution in [1.29, 1.82) is 0 Å². The first-order valence-corrected chi connectivity index (χ1v) is 10.3. The van der Waals surface area contributed by atoms with E-state index in [9.17, 15) is 4.79 Å². The first-order chi connectivity index (χ1) is 14.6. The lowest BCUT2D eigenvalue weighted by molar-refractivity contribution is -0.123. The molecule has 0 radical (unpaired) electrons. The van der Waals surface area contributed by atoms with Gasteiger partial charge >= 0.3 is 0 Å². The quantitative estimate of drug-likeness (QED) is 0.823. The third-order valence-corrected chi connectivity index (χ3v) is 5.80. The SMILES string of the molecule is CC1(CN2CCN(c3cccc4c3OCCO4)CC2)N=C(c2cccnc2)NC1=O. The number of nitrogens with zero attached hydrogens (tertiary/aromatic N) is 4. The molecule has 1 unspecified atom stereocenters. The number of para-hydroxylation sites is 1. The van der Waals surface area contributed by atoms with Gasteiger partial charge in [0.15, 0.2) is 17.0 Å². The third-order valence-electron chi connectivity index (χ3n) is 5.80. The molecule has 0 spiro atoms. The van der Waals surface area contributed by atoms with Crippen LogP contribution in [0.4, 0.5) is 5.69 Å². The number of piperazine rings is 1. The number of rotatable bonds is 4. The number of benzene rings is 1. The maximum Gasteiger partial charge on any atom is 0.254 e. The second-order valence-electron chi connectivity index (χ2n) is 7.99. The Morgan fingerprint density at radius 2 is 1.93 bits per heavy atom. The standard InChI is InChI=1S/C22H25N5O3/c1-22(21(28)24-20(25-22)16-4-3-7-23-14-16)15-26-8-10-27(11-9-26)17-5-2-6-18-19(17)30-13-12-29-18/h2-7,14H,8-13,15H2,1H3,(H,24,25,28). The van der Waals surface area contributed by atoms with E-state index in [0.29, 0.717) is 25.6 Å². The summed E-state index contributed by atoms with van der Waals surface area (Å²) in [6, 6.07) is 9.79. The fraction of sp³-hybridized carbons (Fsp3) is 0.409. The van der Waals surface area contributed by atoms with E-state index in [1.54, 1.807) is 12.4 Å². The number of aromatic nitrogens is 1. The number of hydrogen-bond donors (Lipinski definition) is 1. The summed E-state index contributed by atoms with van der Waals surface area (Å²) < 4.78 is 11.6. The number of amidine groups is 1. The molecule has 4 heterocycles. The summed E-state index contributed by atoms with van der Waals surface area (Å²) >= 11 is 0. The molecule has 1 aromatic heterocycles. The molecule has 3 aliphatic rings. The van der Waals surface area contributed by atoms with E-state index in [1.807, 2.05) is 31.2 Å². The zero-order chi connectivity index (χ0) is 20.6. The number of aliphatic imine (C=N–C) groups is 1. The van der Waals surface area contributed by atoms with E-state index in [4.69, 9.17) is 14.5 Å². The number of ether oxygens (including phenoxy) is 2. The van der Waals surface area contributed by atoms with Crippen molar-refractivity contribution in [2.24, 2.45) is 4.99 Å². The summed E-state index contributed by atoms with van der Waals surface area (Å²) in [6.45, 7) is 7.07. The van der Waals surface area contributed by atoms with Gasteiger partial charge in [-0.15, -0.1) is 0 Å². The van der Waals surface area contributed by atoms with Crippen LogP contribution in [0.1, 0.15) is 12.5 Å². The lowest BCUT2D eigenvalue weighted by Gasteiger charge is -2.39. The van der Waals surface area contributed by atoms with Gasteiger partial charge in [0, 0.05) is 50.7 Å². The highest BCUT2D eigenvalue weighted by molar-refractivity contribution is 6.15. The Bertz CT molecular complexity index is 972. The molecule has 3 aliphatic heterocycles. The maximum absolute atomic E-state index is 12.7. The lowest BCUT2D eigenvalue weighted by atomic mass is 10.0. The molecule has 8 nitrogen and oxygen atoms in total. The van der Waals surface area contributed by atoms with E-state index >= 15 is 0 Å². The second kappa shape index (κ2) is 7.60. The van der Waals surface area contributed by atoms with E-state index < -0.39 is 5.54 Å². The van der Waals surface area contributed by atoms with Gasteiger partial charge in [0.25, 0.3) is 5.91 Å². The van der Waals surface area contributed by atoms with Crippen LogP contribution in [0.15, 0.2) is 47.7 Å². The molecule has 0 aliphatic carbocycles. The van der Waals surface area contributed by atoms with E-state index in [1.165, 1.54) is 0 Å². The van der Waals surface area contributed by atoms with Crippen molar-refractivity contribution in [1.82, 2.24) is 15.2 Å². The van der Waals surface area contributed by atoms with E-state index in [-0.39, 0.29) is 5.91 Å². The molecule has 8 heteroatoms. The molecular weight excluding hydrogens is 382 g/mol. The van der Waals surface area contributed by atoms with Crippen molar-refractivity contribution < 1.29 is 14.3 Å². The minimum absolute atomic E-state index is 0.0635. The van der Waals surface area contributed by atoms with Crippen LogP contribution in [0, 0.1) is 0 Å². The molecule has 1 aromatic carbocycles. The van der Waals surface area contributed by atoms with Crippen molar-refractivity contribution >= 4 is 17.4 Å². The molecular formula is C22H25N5O3. The van der Waals surface area contributed by atoms with Crippen LogP contribution in [0.2, 0.25) is 0 Å². The molecule has 0 bridgehead atoms. The number of pyridine rings is 1. The third kappa shape index (κ3) is 3.47. The number of carbonyl (C=O) groups excluding carboxylic acids is 1. The average molecular weight is 407 g/mol. The fourth-order valence-corrected chi connectivity index (χ4v) is 4.20. The molecule has 1 atom stereocenters. The van der Waals surface area contributed by atoms with Crippen LogP contribution >= 0.6 is 0 Å². The first kappa shape index (κ1) is 18.9. The molecule has 0 saturated carbocycles. The number of carbonyl (C=O) groups is 1. The predicted molar refractivity (Wildman–Crippen MR) is 113 cm³/mol. The fourth-order valence-electron chi connectivity index (χ4n) is 4.20. The largest absolute Gasteiger partial charge is 0.486 e. The molecule has 1 fully saturated rings. The van der Waals surface area contributed by atoms with E-state index in [2.05, 4.69) is 26.2 Å². The van der Waals surface area contributed by atoms with Crippen LogP contribution in [-0.4, -0.2) is 73.1 Å². The molecule has 156 valence electrons. The molecule has 1 N–H and O–H groups in total. The Labute approximate surface area is 175 Å². The van der Waals surface area contributed by atoms with Gasteiger partial charge in [-0.05, 0) is 31.2 Å². The van der Waals surface area contributed by atoms with Gasteiger partial charge in [-0.3, -0.25) is 14.7 Å². The highest BCUT2D eigenvalue weighted by Gasteiger charge is 2.41.